The van der Waals surface area contributed by atoms with Crippen LogP contribution in [0.5, 0.6) is 0 Å². The number of aromatic nitrogens is 1. The highest BCUT2D eigenvalue weighted by Crippen LogP contribution is 2.24. The molecule has 5 heteroatoms. The Morgan fingerprint density at radius 2 is 2.53 bits per heavy atom. The first kappa shape index (κ1) is 10.2. The van der Waals surface area contributed by atoms with E-state index in [1.165, 1.54) is 12.3 Å². The number of aliphatic hydroxyl groups is 1. The van der Waals surface area contributed by atoms with E-state index in [0.29, 0.717) is 18.2 Å². The van der Waals surface area contributed by atoms with Gasteiger partial charge in [-0.1, -0.05) is 5.16 Å². The number of hydrogen-bond acceptors (Lipinski definition) is 4. The third kappa shape index (κ3) is 2.56. The Morgan fingerprint density at radius 1 is 1.67 bits per heavy atom. The zero-order valence-corrected chi connectivity index (χ0v) is 8.35. The number of aliphatic hydroxyl groups excluding tert-OH is 1. The van der Waals surface area contributed by atoms with Gasteiger partial charge in [0.05, 0.1) is 6.10 Å². The van der Waals surface area contributed by atoms with Crippen LogP contribution in [0.1, 0.15) is 29.8 Å². The molecular weight excluding hydrogens is 196 g/mol. The average molecular weight is 210 g/mol. The lowest BCUT2D eigenvalue weighted by molar-refractivity contribution is 0.0936. The fourth-order valence-electron chi connectivity index (χ4n) is 1.89. The lowest BCUT2D eigenvalue weighted by Crippen LogP contribution is -2.28. The van der Waals surface area contributed by atoms with Crippen LogP contribution in [0.25, 0.3) is 0 Å². The fourth-order valence-corrected chi connectivity index (χ4v) is 1.89. The van der Waals surface area contributed by atoms with Gasteiger partial charge in [-0.3, -0.25) is 4.79 Å². The molecule has 0 spiro atoms. The lowest BCUT2D eigenvalue weighted by atomic mass is 10.1. The maximum atomic E-state index is 11.4. The number of amides is 1. The first-order valence-corrected chi connectivity index (χ1v) is 5.12. The van der Waals surface area contributed by atoms with E-state index in [0.717, 1.165) is 19.3 Å². The van der Waals surface area contributed by atoms with Gasteiger partial charge in [0.15, 0.2) is 5.69 Å². The molecule has 0 radical (unpaired) electrons. The standard InChI is InChI=1S/C10H14N2O3/c13-8-2-1-7(5-8)6-11-10(14)9-3-4-15-12-9/h3-4,7-8,13H,1-2,5-6H2,(H,11,14). The molecule has 1 aromatic rings. The Morgan fingerprint density at radius 3 is 3.13 bits per heavy atom. The van der Waals surface area contributed by atoms with Gasteiger partial charge in [-0.2, -0.15) is 0 Å². The smallest absolute Gasteiger partial charge is 0.273 e. The van der Waals surface area contributed by atoms with Gasteiger partial charge in [0.1, 0.15) is 6.26 Å². The number of nitrogens with one attached hydrogen (secondary N) is 1. The van der Waals surface area contributed by atoms with Gasteiger partial charge in [-0.15, -0.1) is 0 Å². The van der Waals surface area contributed by atoms with Crippen LogP contribution in [0.3, 0.4) is 0 Å². The van der Waals surface area contributed by atoms with Gasteiger partial charge in [0.25, 0.3) is 5.91 Å². The maximum Gasteiger partial charge on any atom is 0.273 e. The van der Waals surface area contributed by atoms with Crippen molar-refractivity contribution in [2.24, 2.45) is 5.92 Å². The predicted molar refractivity (Wildman–Crippen MR) is 52.2 cm³/mol. The van der Waals surface area contributed by atoms with Crippen molar-refractivity contribution in [2.75, 3.05) is 6.54 Å². The Kier molecular flexibility index (Phi) is 3.01. The predicted octanol–water partition coefficient (Wildman–Crippen LogP) is 0.565. The summed E-state index contributed by atoms with van der Waals surface area (Å²) in [6.07, 6.45) is 3.76. The van der Waals surface area contributed by atoms with Crippen LogP contribution in [-0.2, 0) is 0 Å². The van der Waals surface area contributed by atoms with Crippen LogP contribution in [0.2, 0.25) is 0 Å². The summed E-state index contributed by atoms with van der Waals surface area (Å²) < 4.78 is 4.57. The monoisotopic (exact) mass is 210 g/mol. The van der Waals surface area contributed by atoms with Crippen LogP contribution in [0, 0.1) is 5.92 Å². The summed E-state index contributed by atoms with van der Waals surface area (Å²) in [4.78, 5) is 11.4. The van der Waals surface area contributed by atoms with E-state index < -0.39 is 0 Å². The molecule has 0 aliphatic heterocycles. The third-order valence-corrected chi connectivity index (χ3v) is 2.74. The number of carbonyl (C=O) groups is 1. The molecule has 2 atom stereocenters. The van der Waals surface area contributed by atoms with E-state index in [2.05, 4.69) is 15.0 Å². The topological polar surface area (TPSA) is 75.4 Å². The Labute approximate surface area is 87.5 Å². The maximum absolute atomic E-state index is 11.4. The van der Waals surface area contributed by atoms with Crippen LogP contribution in [0.4, 0.5) is 0 Å². The Hall–Kier alpha value is -1.36. The van der Waals surface area contributed by atoms with E-state index in [4.69, 9.17) is 0 Å². The van der Waals surface area contributed by atoms with Gasteiger partial charge in [0.2, 0.25) is 0 Å². The van der Waals surface area contributed by atoms with Gasteiger partial charge < -0.3 is 14.9 Å². The van der Waals surface area contributed by atoms with Crippen molar-refractivity contribution in [2.45, 2.75) is 25.4 Å². The number of hydrogen-bond donors (Lipinski definition) is 2. The molecular formula is C10H14N2O3. The molecule has 82 valence electrons. The third-order valence-electron chi connectivity index (χ3n) is 2.74. The molecule has 1 heterocycles. The number of rotatable bonds is 3. The second-order valence-corrected chi connectivity index (χ2v) is 3.93. The first-order chi connectivity index (χ1) is 7.25. The molecule has 2 rings (SSSR count). The van der Waals surface area contributed by atoms with Crippen molar-refractivity contribution in [1.29, 1.82) is 0 Å². The van der Waals surface area contributed by atoms with Crippen molar-refractivity contribution >= 4 is 5.91 Å². The molecule has 0 aromatic carbocycles. The zero-order chi connectivity index (χ0) is 10.7. The lowest BCUT2D eigenvalue weighted by Gasteiger charge is -2.09. The highest BCUT2D eigenvalue weighted by Gasteiger charge is 2.23. The SMILES string of the molecule is O=C(NCC1CCC(O)C1)c1ccon1. The van der Waals surface area contributed by atoms with Crippen LogP contribution < -0.4 is 5.32 Å². The summed E-state index contributed by atoms with van der Waals surface area (Å²) >= 11 is 0. The summed E-state index contributed by atoms with van der Waals surface area (Å²) in [5, 5.41) is 15.6. The summed E-state index contributed by atoms with van der Waals surface area (Å²) in [5.74, 6) is 0.168. The van der Waals surface area contributed by atoms with Gasteiger partial charge in [0, 0.05) is 12.6 Å². The number of carbonyl (C=O) groups excluding carboxylic acids is 1. The molecule has 1 aliphatic rings. The summed E-state index contributed by atoms with van der Waals surface area (Å²) in [5.41, 5.74) is 0.300. The number of nitrogens with zero attached hydrogens (tertiary/aromatic N) is 1. The summed E-state index contributed by atoms with van der Waals surface area (Å²) in [6, 6.07) is 1.53. The van der Waals surface area contributed by atoms with Crippen LogP contribution in [0.15, 0.2) is 16.9 Å². The minimum Gasteiger partial charge on any atom is -0.393 e. The Balaban J connectivity index is 1.76. The van der Waals surface area contributed by atoms with Gasteiger partial charge in [-0.25, -0.2) is 0 Å². The van der Waals surface area contributed by atoms with Crippen molar-refractivity contribution in [3.8, 4) is 0 Å². The molecule has 1 aromatic heterocycles. The van der Waals surface area contributed by atoms with E-state index in [-0.39, 0.29) is 12.0 Å². The molecule has 5 nitrogen and oxygen atoms in total. The van der Waals surface area contributed by atoms with Gasteiger partial charge in [-0.05, 0) is 25.2 Å². The normalized spacial score (nSPS) is 25.4. The molecule has 2 N–H and O–H groups in total. The summed E-state index contributed by atoms with van der Waals surface area (Å²) in [6.45, 7) is 0.600. The fraction of sp³-hybridized carbons (Fsp3) is 0.600. The van der Waals surface area contributed by atoms with E-state index in [1.54, 1.807) is 0 Å². The molecule has 15 heavy (non-hydrogen) atoms. The van der Waals surface area contributed by atoms with Crippen LogP contribution in [-0.4, -0.2) is 28.8 Å². The highest BCUT2D eigenvalue weighted by atomic mass is 16.5. The second-order valence-electron chi connectivity index (χ2n) is 3.93. The van der Waals surface area contributed by atoms with E-state index in [9.17, 15) is 9.90 Å². The van der Waals surface area contributed by atoms with E-state index >= 15 is 0 Å². The molecule has 1 amide bonds. The molecule has 2 unspecified atom stereocenters. The van der Waals surface area contributed by atoms with Gasteiger partial charge >= 0.3 is 0 Å². The quantitative estimate of drug-likeness (QED) is 0.764. The van der Waals surface area contributed by atoms with Crippen molar-refractivity contribution < 1.29 is 14.4 Å². The molecule has 1 aliphatic carbocycles. The van der Waals surface area contributed by atoms with Crippen LogP contribution >= 0.6 is 0 Å². The highest BCUT2D eigenvalue weighted by molar-refractivity contribution is 5.91. The largest absolute Gasteiger partial charge is 0.393 e. The van der Waals surface area contributed by atoms with Crippen molar-refractivity contribution in [1.82, 2.24) is 10.5 Å². The second kappa shape index (κ2) is 4.44. The Bertz CT molecular complexity index is 323. The summed E-state index contributed by atoms with van der Waals surface area (Å²) in [7, 11) is 0. The van der Waals surface area contributed by atoms with E-state index in [1.807, 2.05) is 0 Å². The molecule has 0 bridgehead atoms. The minimum atomic E-state index is -0.217. The zero-order valence-electron chi connectivity index (χ0n) is 8.35. The molecule has 1 fully saturated rings. The first-order valence-electron chi connectivity index (χ1n) is 5.12. The van der Waals surface area contributed by atoms with Crippen molar-refractivity contribution in [3.05, 3.63) is 18.0 Å². The average Bonchev–Trinajstić information content (AvgIpc) is 2.84. The van der Waals surface area contributed by atoms with Crippen molar-refractivity contribution in [3.63, 3.8) is 0 Å². The minimum absolute atomic E-state index is 0.195. The molecule has 1 saturated carbocycles. The molecule has 0 saturated heterocycles.